The minimum Gasteiger partial charge on any atom is -0.356 e. The van der Waals surface area contributed by atoms with Gasteiger partial charge in [-0.2, -0.15) is 11.8 Å². The quantitative estimate of drug-likeness (QED) is 0.303. The van der Waals surface area contributed by atoms with Gasteiger partial charge in [0.05, 0.1) is 0 Å². The number of unbranched alkanes of at least 4 members (excludes halogenated alkanes) is 2. The van der Waals surface area contributed by atoms with Gasteiger partial charge in [0.2, 0.25) is 0 Å². The third-order valence-corrected chi connectivity index (χ3v) is 2.81. The first-order valence-electron chi connectivity index (χ1n) is 5.78. The van der Waals surface area contributed by atoms with Crippen LogP contribution in [0.3, 0.4) is 0 Å². The average Bonchev–Trinajstić information content (AvgIpc) is 2.27. The number of aliphatic imine (C=N–C) groups is 1. The fourth-order valence-electron chi connectivity index (χ4n) is 1.23. The molecule has 0 saturated carbocycles. The summed E-state index contributed by atoms with van der Waals surface area (Å²) >= 11 is 1.89. The van der Waals surface area contributed by atoms with E-state index < -0.39 is 0 Å². The summed E-state index contributed by atoms with van der Waals surface area (Å²) in [5.41, 5.74) is 0. The van der Waals surface area contributed by atoms with Gasteiger partial charge in [0.25, 0.3) is 0 Å². The van der Waals surface area contributed by atoms with Crippen LogP contribution in [-0.4, -0.2) is 38.1 Å². The molecule has 0 fully saturated rings. The summed E-state index contributed by atoms with van der Waals surface area (Å²) in [6.45, 7) is 4.25. The standard InChI is InChI=1S/C11H25N3S.HI/c1-4-5-6-8-13-11(12-2)14-9-7-10-15-3;/h4-10H2,1-3H3,(H2,12,13,14);1H. The lowest BCUT2D eigenvalue weighted by Crippen LogP contribution is -2.38. The van der Waals surface area contributed by atoms with Crippen molar-refractivity contribution < 1.29 is 0 Å². The maximum Gasteiger partial charge on any atom is 0.190 e. The van der Waals surface area contributed by atoms with Crippen LogP contribution in [0.1, 0.15) is 32.6 Å². The minimum atomic E-state index is 0. The lowest BCUT2D eigenvalue weighted by molar-refractivity contribution is 0.681. The molecule has 5 heteroatoms. The molecule has 3 nitrogen and oxygen atoms in total. The molecule has 0 unspecified atom stereocenters. The van der Waals surface area contributed by atoms with Crippen LogP contribution in [0, 0.1) is 0 Å². The van der Waals surface area contributed by atoms with E-state index in [4.69, 9.17) is 0 Å². The molecular weight excluding hydrogens is 333 g/mol. The summed E-state index contributed by atoms with van der Waals surface area (Å²) < 4.78 is 0. The summed E-state index contributed by atoms with van der Waals surface area (Å²) in [5.74, 6) is 2.15. The normalized spacial score (nSPS) is 10.8. The van der Waals surface area contributed by atoms with Gasteiger partial charge >= 0.3 is 0 Å². The smallest absolute Gasteiger partial charge is 0.190 e. The molecule has 0 aliphatic carbocycles. The van der Waals surface area contributed by atoms with Crippen molar-refractivity contribution >= 4 is 41.7 Å². The van der Waals surface area contributed by atoms with Crippen molar-refractivity contribution in [3.05, 3.63) is 0 Å². The first kappa shape index (κ1) is 18.7. The number of nitrogens with zero attached hydrogens (tertiary/aromatic N) is 1. The maximum absolute atomic E-state index is 4.17. The fourth-order valence-corrected chi connectivity index (χ4v) is 1.66. The summed E-state index contributed by atoms with van der Waals surface area (Å²) in [7, 11) is 1.82. The van der Waals surface area contributed by atoms with Crippen LogP contribution in [0.15, 0.2) is 4.99 Å². The molecule has 98 valence electrons. The van der Waals surface area contributed by atoms with E-state index >= 15 is 0 Å². The van der Waals surface area contributed by atoms with Gasteiger partial charge in [0.15, 0.2) is 5.96 Å². The van der Waals surface area contributed by atoms with Crippen molar-refractivity contribution in [3.63, 3.8) is 0 Å². The monoisotopic (exact) mass is 359 g/mol. The Morgan fingerprint density at radius 1 is 1.12 bits per heavy atom. The van der Waals surface area contributed by atoms with Crippen molar-refractivity contribution in [2.45, 2.75) is 32.6 Å². The second-order valence-corrected chi connectivity index (χ2v) is 4.46. The Labute approximate surface area is 122 Å². The van der Waals surface area contributed by atoms with E-state index in [0.717, 1.165) is 19.0 Å². The predicted octanol–water partition coefficient (Wildman–Crippen LogP) is 2.71. The van der Waals surface area contributed by atoms with Crippen LogP contribution in [0.25, 0.3) is 0 Å². The Balaban J connectivity index is 0. The third-order valence-electron chi connectivity index (χ3n) is 2.11. The maximum atomic E-state index is 4.17. The molecule has 0 spiro atoms. The second kappa shape index (κ2) is 15.4. The molecule has 0 atom stereocenters. The zero-order valence-corrected chi connectivity index (χ0v) is 13.9. The molecule has 16 heavy (non-hydrogen) atoms. The van der Waals surface area contributed by atoms with Crippen molar-refractivity contribution in [2.75, 3.05) is 32.1 Å². The number of thioether (sulfide) groups is 1. The largest absolute Gasteiger partial charge is 0.356 e. The van der Waals surface area contributed by atoms with E-state index in [0.29, 0.717) is 0 Å². The van der Waals surface area contributed by atoms with Gasteiger partial charge in [-0.05, 0) is 24.9 Å². The first-order chi connectivity index (χ1) is 7.35. The number of hydrogen-bond acceptors (Lipinski definition) is 2. The molecule has 0 aliphatic heterocycles. The molecule has 0 aromatic heterocycles. The van der Waals surface area contributed by atoms with Crippen LogP contribution in [0.4, 0.5) is 0 Å². The van der Waals surface area contributed by atoms with E-state index in [9.17, 15) is 0 Å². The van der Waals surface area contributed by atoms with Gasteiger partial charge in [0, 0.05) is 20.1 Å². The highest BCUT2D eigenvalue weighted by molar-refractivity contribution is 14.0. The van der Waals surface area contributed by atoms with Gasteiger partial charge in [-0.25, -0.2) is 0 Å². The van der Waals surface area contributed by atoms with E-state index in [2.05, 4.69) is 28.8 Å². The predicted molar refractivity (Wildman–Crippen MR) is 87.3 cm³/mol. The summed E-state index contributed by atoms with van der Waals surface area (Å²) in [6, 6.07) is 0. The molecule has 0 bridgehead atoms. The topological polar surface area (TPSA) is 36.4 Å². The Hall–Kier alpha value is 0.350. The van der Waals surface area contributed by atoms with E-state index in [-0.39, 0.29) is 24.0 Å². The van der Waals surface area contributed by atoms with Gasteiger partial charge in [0.1, 0.15) is 0 Å². The molecular formula is C11H26IN3S. The Bertz CT molecular complexity index is 151. The molecule has 0 rings (SSSR count). The number of guanidine groups is 1. The van der Waals surface area contributed by atoms with Crippen molar-refractivity contribution in [2.24, 2.45) is 4.99 Å². The molecule has 0 heterocycles. The van der Waals surface area contributed by atoms with Crippen LogP contribution >= 0.6 is 35.7 Å². The van der Waals surface area contributed by atoms with Crippen LogP contribution < -0.4 is 10.6 Å². The number of nitrogens with one attached hydrogen (secondary N) is 2. The number of rotatable bonds is 8. The van der Waals surface area contributed by atoms with Crippen molar-refractivity contribution in [1.82, 2.24) is 10.6 Å². The van der Waals surface area contributed by atoms with Crippen LogP contribution in [-0.2, 0) is 0 Å². The highest BCUT2D eigenvalue weighted by Gasteiger charge is 1.95. The lowest BCUT2D eigenvalue weighted by atomic mass is 10.2. The minimum absolute atomic E-state index is 0. The molecule has 0 amide bonds. The highest BCUT2D eigenvalue weighted by Crippen LogP contribution is 1.93. The summed E-state index contributed by atoms with van der Waals surface area (Å²) in [5, 5.41) is 6.62. The molecule has 0 aromatic carbocycles. The Morgan fingerprint density at radius 3 is 2.25 bits per heavy atom. The van der Waals surface area contributed by atoms with Gasteiger partial charge in [-0.3, -0.25) is 4.99 Å². The van der Waals surface area contributed by atoms with E-state index in [1.165, 1.54) is 31.4 Å². The van der Waals surface area contributed by atoms with E-state index in [1.807, 2.05) is 18.8 Å². The lowest BCUT2D eigenvalue weighted by Gasteiger charge is -2.11. The molecule has 2 N–H and O–H groups in total. The highest BCUT2D eigenvalue weighted by atomic mass is 127. The fraction of sp³-hybridized carbons (Fsp3) is 0.909. The van der Waals surface area contributed by atoms with Crippen LogP contribution in [0.5, 0.6) is 0 Å². The van der Waals surface area contributed by atoms with Crippen molar-refractivity contribution in [1.29, 1.82) is 0 Å². The first-order valence-corrected chi connectivity index (χ1v) is 7.18. The van der Waals surface area contributed by atoms with Crippen molar-refractivity contribution in [3.8, 4) is 0 Å². The molecule has 0 aromatic rings. The number of hydrogen-bond donors (Lipinski definition) is 2. The number of halogens is 1. The van der Waals surface area contributed by atoms with E-state index in [1.54, 1.807) is 0 Å². The van der Waals surface area contributed by atoms with Crippen LogP contribution in [0.2, 0.25) is 0 Å². The van der Waals surface area contributed by atoms with Gasteiger partial charge in [-0.1, -0.05) is 19.8 Å². The molecule has 0 radical (unpaired) electrons. The second-order valence-electron chi connectivity index (χ2n) is 3.48. The van der Waals surface area contributed by atoms with Gasteiger partial charge < -0.3 is 10.6 Å². The molecule has 0 aliphatic rings. The SMILES string of the molecule is CCCCCNC(=NC)NCCCSC.I. The van der Waals surface area contributed by atoms with Gasteiger partial charge in [-0.15, -0.1) is 24.0 Å². The molecule has 0 saturated heterocycles. The third kappa shape index (κ3) is 12.4. The average molecular weight is 359 g/mol. The zero-order valence-electron chi connectivity index (χ0n) is 10.7. The summed E-state index contributed by atoms with van der Waals surface area (Å²) in [4.78, 5) is 4.17. The Kier molecular flexibility index (Phi) is 17.9. The zero-order chi connectivity index (χ0) is 11.4. The Morgan fingerprint density at radius 2 is 1.75 bits per heavy atom. The summed E-state index contributed by atoms with van der Waals surface area (Å²) in [6.07, 6.45) is 7.11.